The van der Waals surface area contributed by atoms with Gasteiger partial charge < -0.3 is 11.1 Å². The second-order valence-electron chi connectivity index (χ2n) is 3.84. The van der Waals surface area contributed by atoms with Crippen LogP contribution in [0.1, 0.15) is 16.2 Å². The van der Waals surface area contributed by atoms with E-state index in [1.807, 2.05) is 12.3 Å². The Hall–Kier alpha value is -1.38. The highest BCUT2D eigenvalue weighted by Crippen LogP contribution is 2.26. The third-order valence-corrected chi connectivity index (χ3v) is 4.38. The Labute approximate surface area is 118 Å². The summed E-state index contributed by atoms with van der Waals surface area (Å²) in [6, 6.07) is 0. The molecule has 0 fully saturated rings. The summed E-state index contributed by atoms with van der Waals surface area (Å²) in [6.07, 6.45) is 0.778. The molecule has 0 spiro atoms. The Morgan fingerprint density at radius 2 is 2.47 bits per heavy atom. The van der Waals surface area contributed by atoms with Crippen molar-refractivity contribution in [2.24, 2.45) is 5.73 Å². The van der Waals surface area contributed by atoms with Gasteiger partial charge >= 0.3 is 0 Å². The number of amides is 1. The molecule has 3 N–H and O–H groups in total. The summed E-state index contributed by atoms with van der Waals surface area (Å²) in [6.45, 7) is 2.79. The van der Waals surface area contributed by atoms with E-state index in [2.05, 4.69) is 10.3 Å². The van der Waals surface area contributed by atoms with E-state index in [1.54, 1.807) is 4.40 Å². The van der Waals surface area contributed by atoms with Crippen LogP contribution in [-0.2, 0) is 4.79 Å². The number of hydrogen-bond acceptors (Lipinski definition) is 6. The van der Waals surface area contributed by atoms with Gasteiger partial charge in [-0.2, -0.15) is 0 Å². The van der Waals surface area contributed by atoms with E-state index < -0.39 is 0 Å². The molecule has 0 atom stereocenters. The standard InChI is InChI=1S/C11H14N4O2S2/c1-7-5-19-11-14-10(8(4-16)15(7)11)18-6-9(17)13-3-2-12/h4-5H,2-3,6,12H2,1H3,(H,13,17). The summed E-state index contributed by atoms with van der Waals surface area (Å²) >= 11 is 2.73. The van der Waals surface area contributed by atoms with Gasteiger partial charge in [-0.1, -0.05) is 11.8 Å². The number of nitrogens with two attached hydrogens (primary N) is 1. The van der Waals surface area contributed by atoms with Gasteiger partial charge in [-0.3, -0.25) is 14.0 Å². The maximum Gasteiger partial charge on any atom is 0.230 e. The van der Waals surface area contributed by atoms with Gasteiger partial charge in [0.05, 0.1) is 5.75 Å². The summed E-state index contributed by atoms with van der Waals surface area (Å²) < 4.78 is 1.80. The first-order valence-corrected chi connectivity index (χ1v) is 7.55. The highest BCUT2D eigenvalue weighted by molar-refractivity contribution is 8.00. The van der Waals surface area contributed by atoms with Crippen LogP contribution in [0, 0.1) is 6.92 Å². The number of aryl methyl sites for hydroxylation is 1. The number of carbonyl (C=O) groups excluding carboxylic acids is 2. The smallest absolute Gasteiger partial charge is 0.230 e. The van der Waals surface area contributed by atoms with Gasteiger partial charge in [-0.15, -0.1) is 11.3 Å². The predicted molar refractivity (Wildman–Crippen MR) is 76.0 cm³/mol. The average Bonchev–Trinajstić information content (AvgIpc) is 2.93. The van der Waals surface area contributed by atoms with E-state index in [0.29, 0.717) is 23.8 Å². The van der Waals surface area contributed by atoms with E-state index in [9.17, 15) is 9.59 Å². The van der Waals surface area contributed by atoms with Crippen molar-refractivity contribution in [2.45, 2.75) is 11.9 Å². The molecule has 0 aromatic carbocycles. The van der Waals surface area contributed by atoms with Crippen LogP contribution in [0.2, 0.25) is 0 Å². The number of thiazole rings is 1. The Balaban J connectivity index is 2.12. The molecule has 2 rings (SSSR count). The summed E-state index contributed by atoms with van der Waals surface area (Å²) in [7, 11) is 0. The molecule has 0 saturated carbocycles. The van der Waals surface area contributed by atoms with Crippen LogP contribution < -0.4 is 11.1 Å². The van der Waals surface area contributed by atoms with Crippen molar-refractivity contribution in [1.82, 2.24) is 14.7 Å². The lowest BCUT2D eigenvalue weighted by atomic mass is 10.5. The molecule has 0 unspecified atom stereocenters. The lowest BCUT2D eigenvalue weighted by Gasteiger charge is -2.02. The molecule has 2 heterocycles. The molecule has 0 bridgehead atoms. The SMILES string of the molecule is Cc1csc2nc(SCC(=O)NCCN)c(C=O)n12. The van der Waals surface area contributed by atoms with Crippen LogP contribution in [0.5, 0.6) is 0 Å². The van der Waals surface area contributed by atoms with Crippen LogP contribution in [0.25, 0.3) is 4.96 Å². The highest BCUT2D eigenvalue weighted by Gasteiger charge is 2.16. The van der Waals surface area contributed by atoms with Crippen LogP contribution >= 0.6 is 23.1 Å². The maximum absolute atomic E-state index is 11.5. The van der Waals surface area contributed by atoms with E-state index in [1.165, 1.54) is 23.1 Å². The second kappa shape index (κ2) is 6.18. The Kier molecular flexibility index (Phi) is 4.56. The number of nitrogens with one attached hydrogen (secondary N) is 1. The molecule has 2 aromatic rings. The first kappa shape index (κ1) is 14.0. The fourth-order valence-electron chi connectivity index (χ4n) is 1.61. The van der Waals surface area contributed by atoms with Crippen molar-refractivity contribution >= 4 is 40.3 Å². The molecule has 1 amide bonds. The number of aromatic nitrogens is 2. The molecule has 102 valence electrons. The van der Waals surface area contributed by atoms with Crippen molar-refractivity contribution in [2.75, 3.05) is 18.8 Å². The number of imidazole rings is 1. The van der Waals surface area contributed by atoms with Crippen molar-refractivity contribution in [3.05, 3.63) is 16.8 Å². The maximum atomic E-state index is 11.5. The van der Waals surface area contributed by atoms with Crippen molar-refractivity contribution < 1.29 is 9.59 Å². The first-order valence-electron chi connectivity index (χ1n) is 5.68. The molecular formula is C11H14N4O2S2. The molecule has 0 aliphatic carbocycles. The van der Waals surface area contributed by atoms with Crippen LogP contribution in [0.3, 0.4) is 0 Å². The van der Waals surface area contributed by atoms with Gasteiger partial charge in [0.25, 0.3) is 0 Å². The number of nitrogens with zero attached hydrogens (tertiary/aromatic N) is 2. The van der Waals surface area contributed by atoms with Crippen LogP contribution in [0.15, 0.2) is 10.4 Å². The lowest BCUT2D eigenvalue weighted by Crippen LogP contribution is -2.30. The van der Waals surface area contributed by atoms with Gasteiger partial charge in [0.2, 0.25) is 5.91 Å². The minimum Gasteiger partial charge on any atom is -0.354 e. The fraction of sp³-hybridized carbons (Fsp3) is 0.364. The Morgan fingerprint density at radius 1 is 1.68 bits per heavy atom. The van der Waals surface area contributed by atoms with Gasteiger partial charge in [0, 0.05) is 24.2 Å². The number of thioether (sulfide) groups is 1. The van der Waals surface area contributed by atoms with Gasteiger partial charge in [0.15, 0.2) is 11.2 Å². The van der Waals surface area contributed by atoms with E-state index >= 15 is 0 Å². The fourth-order valence-corrected chi connectivity index (χ4v) is 3.35. The molecule has 19 heavy (non-hydrogen) atoms. The van der Waals surface area contributed by atoms with E-state index in [4.69, 9.17) is 5.73 Å². The third kappa shape index (κ3) is 2.96. The number of hydrogen-bond donors (Lipinski definition) is 2. The van der Waals surface area contributed by atoms with Crippen molar-refractivity contribution in [3.8, 4) is 0 Å². The third-order valence-electron chi connectivity index (χ3n) is 2.45. The zero-order chi connectivity index (χ0) is 13.8. The summed E-state index contributed by atoms with van der Waals surface area (Å²) in [5.41, 5.74) is 6.77. The molecule has 2 aromatic heterocycles. The second-order valence-corrected chi connectivity index (χ2v) is 5.64. The number of carbonyl (C=O) groups is 2. The molecule has 0 radical (unpaired) electrons. The molecule has 0 aliphatic heterocycles. The van der Waals surface area contributed by atoms with Crippen LogP contribution in [-0.4, -0.2) is 40.4 Å². The topological polar surface area (TPSA) is 89.5 Å². The minimum atomic E-state index is -0.111. The lowest BCUT2D eigenvalue weighted by molar-refractivity contribution is -0.118. The highest BCUT2D eigenvalue weighted by atomic mass is 32.2. The molecule has 6 nitrogen and oxygen atoms in total. The van der Waals surface area contributed by atoms with Crippen molar-refractivity contribution in [3.63, 3.8) is 0 Å². The van der Waals surface area contributed by atoms with Gasteiger partial charge in [-0.05, 0) is 6.92 Å². The molecule has 0 saturated heterocycles. The zero-order valence-electron chi connectivity index (χ0n) is 10.4. The normalized spacial score (nSPS) is 10.8. The Morgan fingerprint density at radius 3 is 3.16 bits per heavy atom. The average molecular weight is 298 g/mol. The monoisotopic (exact) mass is 298 g/mol. The van der Waals surface area contributed by atoms with E-state index in [-0.39, 0.29) is 11.7 Å². The van der Waals surface area contributed by atoms with E-state index in [0.717, 1.165) is 16.9 Å². The number of rotatable bonds is 6. The van der Waals surface area contributed by atoms with Crippen molar-refractivity contribution in [1.29, 1.82) is 0 Å². The number of aldehydes is 1. The number of fused-ring (bicyclic) bond motifs is 1. The summed E-state index contributed by atoms with van der Waals surface area (Å²) in [5, 5.41) is 5.21. The van der Waals surface area contributed by atoms with Gasteiger partial charge in [-0.25, -0.2) is 4.98 Å². The Bertz CT molecular complexity index is 605. The first-order chi connectivity index (χ1) is 9.17. The molecule has 8 heteroatoms. The molecular weight excluding hydrogens is 284 g/mol. The van der Waals surface area contributed by atoms with Crippen LogP contribution in [0.4, 0.5) is 0 Å². The summed E-state index contributed by atoms with van der Waals surface area (Å²) in [4.78, 5) is 27.8. The minimum absolute atomic E-state index is 0.111. The summed E-state index contributed by atoms with van der Waals surface area (Å²) in [5.74, 6) is 0.116. The zero-order valence-corrected chi connectivity index (χ0v) is 12.0. The largest absolute Gasteiger partial charge is 0.354 e. The quantitative estimate of drug-likeness (QED) is 0.605. The molecule has 0 aliphatic rings. The van der Waals surface area contributed by atoms with Gasteiger partial charge in [0.1, 0.15) is 10.7 Å². The predicted octanol–water partition coefficient (Wildman–Crippen LogP) is 0.684.